The van der Waals surface area contributed by atoms with Crippen LogP contribution in [0.1, 0.15) is 10.4 Å². The van der Waals surface area contributed by atoms with Crippen molar-refractivity contribution in [2.75, 3.05) is 39.1 Å². The number of ether oxygens (including phenoxy) is 1. The number of fused-ring (bicyclic) bond motifs is 1. The van der Waals surface area contributed by atoms with E-state index in [1.807, 2.05) is 17.4 Å². The molecular formula is C27H24Cl2IN5OS. The number of nitriles is 1. The lowest BCUT2D eigenvalue weighted by molar-refractivity contribution is 0.139. The zero-order valence-corrected chi connectivity index (χ0v) is 24.7. The summed E-state index contributed by atoms with van der Waals surface area (Å²) in [5.41, 5.74) is 3.54. The van der Waals surface area contributed by atoms with E-state index in [0.717, 1.165) is 42.6 Å². The minimum atomic E-state index is 0.416. The predicted molar refractivity (Wildman–Crippen MR) is 162 cm³/mol. The monoisotopic (exact) mass is 663 g/mol. The van der Waals surface area contributed by atoms with Crippen molar-refractivity contribution in [2.24, 2.45) is 0 Å². The van der Waals surface area contributed by atoms with Crippen LogP contribution in [0.15, 0.2) is 48.7 Å². The fourth-order valence-corrected chi connectivity index (χ4v) is 7.07. The minimum Gasteiger partial charge on any atom is -0.495 e. The molecule has 6 nitrogen and oxygen atoms in total. The van der Waals surface area contributed by atoms with Crippen LogP contribution >= 0.6 is 57.1 Å². The van der Waals surface area contributed by atoms with Crippen LogP contribution in [0.4, 0.5) is 11.4 Å². The first-order chi connectivity index (χ1) is 17.9. The quantitative estimate of drug-likeness (QED) is 0.132. The predicted octanol–water partition coefficient (Wildman–Crippen LogP) is 7.40. The Bertz CT molecular complexity index is 1500. The van der Waals surface area contributed by atoms with Gasteiger partial charge in [-0.1, -0.05) is 57.9 Å². The fraction of sp³-hybridized carbons (Fsp3) is 0.259. The van der Waals surface area contributed by atoms with Gasteiger partial charge in [0, 0.05) is 53.6 Å². The molecule has 1 atom stereocenters. The number of likely N-dealkylation sites (N-methyl/N-ethyl adjacent to an activating group) is 1. The average molecular weight is 664 g/mol. The van der Waals surface area contributed by atoms with Crippen molar-refractivity contribution in [3.05, 3.63) is 69.1 Å². The Balaban J connectivity index is 1.44. The normalized spacial score (nSPS) is 16.6. The summed E-state index contributed by atoms with van der Waals surface area (Å²) in [5.74, 6) is 0.492. The molecule has 0 radical (unpaired) electrons. The molecule has 1 aliphatic heterocycles. The molecule has 190 valence electrons. The van der Waals surface area contributed by atoms with E-state index in [1.165, 1.54) is 9.75 Å². The number of piperazine rings is 1. The van der Waals surface area contributed by atoms with E-state index in [1.54, 1.807) is 25.4 Å². The van der Waals surface area contributed by atoms with Gasteiger partial charge in [-0.15, -0.1) is 11.3 Å². The lowest BCUT2D eigenvalue weighted by Crippen LogP contribution is -2.48. The molecule has 4 aromatic rings. The van der Waals surface area contributed by atoms with Crippen molar-refractivity contribution in [3.8, 4) is 22.3 Å². The molecule has 0 spiro atoms. The summed E-state index contributed by atoms with van der Waals surface area (Å²) in [6.07, 6.45) is 1.59. The van der Waals surface area contributed by atoms with E-state index in [9.17, 15) is 5.26 Å². The molecule has 0 saturated carbocycles. The second-order valence-corrected chi connectivity index (χ2v) is 12.3. The highest BCUT2D eigenvalue weighted by atomic mass is 127. The van der Waals surface area contributed by atoms with Crippen molar-refractivity contribution in [2.45, 2.75) is 10.6 Å². The van der Waals surface area contributed by atoms with E-state index in [4.69, 9.17) is 27.9 Å². The number of nitrogens with one attached hydrogen (secondary N) is 1. The SMILES string of the molecule is COc1cc(Nc2c(C#N)cnc3cc(-c4ccc(CN5CCN(C)CC5I)s4)ccc23)c(Cl)cc1Cl. The fourth-order valence-electron chi connectivity index (χ4n) is 4.38. The van der Waals surface area contributed by atoms with Gasteiger partial charge >= 0.3 is 0 Å². The molecule has 5 rings (SSSR count). The highest BCUT2D eigenvalue weighted by molar-refractivity contribution is 14.1. The Morgan fingerprint density at radius 1 is 1.19 bits per heavy atom. The van der Waals surface area contributed by atoms with Gasteiger partial charge in [0.25, 0.3) is 0 Å². The maximum Gasteiger partial charge on any atom is 0.139 e. The molecule has 1 unspecified atom stereocenters. The lowest BCUT2D eigenvalue weighted by Gasteiger charge is -2.36. The number of hydrogen-bond donors (Lipinski definition) is 1. The molecule has 0 aliphatic carbocycles. The number of benzene rings is 2. The van der Waals surface area contributed by atoms with Gasteiger partial charge in [-0.05, 0) is 36.9 Å². The van der Waals surface area contributed by atoms with Crippen molar-refractivity contribution < 1.29 is 4.74 Å². The van der Waals surface area contributed by atoms with Crippen LogP contribution in [0.3, 0.4) is 0 Å². The van der Waals surface area contributed by atoms with Gasteiger partial charge in [0.15, 0.2) is 0 Å². The topological polar surface area (TPSA) is 64.4 Å². The first-order valence-corrected chi connectivity index (χ1v) is 14.5. The summed E-state index contributed by atoms with van der Waals surface area (Å²) >= 11 is 17.0. The van der Waals surface area contributed by atoms with Crippen LogP contribution in [0.2, 0.25) is 10.0 Å². The second kappa shape index (κ2) is 11.3. The van der Waals surface area contributed by atoms with Gasteiger partial charge in [0.05, 0.1) is 43.7 Å². The number of alkyl halides is 1. The average Bonchev–Trinajstić information content (AvgIpc) is 3.35. The van der Waals surface area contributed by atoms with E-state index in [2.05, 4.69) is 80.1 Å². The molecule has 1 aliphatic rings. The van der Waals surface area contributed by atoms with E-state index in [-0.39, 0.29) is 0 Å². The Labute approximate surface area is 243 Å². The Hall–Kier alpha value is -2.13. The van der Waals surface area contributed by atoms with Crippen molar-refractivity contribution in [1.29, 1.82) is 5.26 Å². The number of aromatic nitrogens is 1. The third kappa shape index (κ3) is 5.67. The van der Waals surface area contributed by atoms with E-state index < -0.39 is 0 Å². The van der Waals surface area contributed by atoms with Crippen LogP contribution in [0.5, 0.6) is 5.75 Å². The molecule has 2 aromatic carbocycles. The third-order valence-corrected chi connectivity index (χ3v) is 9.33. The summed E-state index contributed by atoms with van der Waals surface area (Å²) in [6.45, 7) is 4.23. The zero-order valence-electron chi connectivity index (χ0n) is 20.3. The highest BCUT2D eigenvalue weighted by Crippen LogP contribution is 2.39. The van der Waals surface area contributed by atoms with Gasteiger partial charge in [0.2, 0.25) is 0 Å². The molecule has 0 bridgehead atoms. The van der Waals surface area contributed by atoms with Gasteiger partial charge in [-0.3, -0.25) is 9.88 Å². The first-order valence-electron chi connectivity index (χ1n) is 11.6. The third-order valence-electron chi connectivity index (χ3n) is 6.42. The van der Waals surface area contributed by atoms with Crippen LogP contribution in [0.25, 0.3) is 21.3 Å². The molecule has 3 heterocycles. The number of thiophene rings is 1. The maximum absolute atomic E-state index is 9.76. The molecular weight excluding hydrogens is 640 g/mol. The molecule has 10 heteroatoms. The number of rotatable bonds is 6. The maximum atomic E-state index is 9.76. The van der Waals surface area contributed by atoms with Gasteiger partial charge in [0.1, 0.15) is 11.8 Å². The molecule has 2 aromatic heterocycles. The van der Waals surface area contributed by atoms with Gasteiger partial charge in [-0.25, -0.2) is 0 Å². The number of anilines is 2. The van der Waals surface area contributed by atoms with E-state index in [0.29, 0.717) is 36.8 Å². The minimum absolute atomic E-state index is 0.416. The van der Waals surface area contributed by atoms with Crippen LogP contribution in [-0.4, -0.2) is 52.6 Å². The van der Waals surface area contributed by atoms with Crippen molar-refractivity contribution in [3.63, 3.8) is 0 Å². The number of hydrogen-bond acceptors (Lipinski definition) is 7. The van der Waals surface area contributed by atoms with Crippen LogP contribution in [0, 0.1) is 11.3 Å². The van der Waals surface area contributed by atoms with Gasteiger partial charge < -0.3 is 15.0 Å². The number of pyridine rings is 1. The second-order valence-electron chi connectivity index (χ2n) is 8.92. The molecule has 1 N–H and O–H groups in total. The zero-order chi connectivity index (χ0) is 26.1. The number of nitrogens with zero attached hydrogens (tertiary/aromatic N) is 4. The number of methoxy groups -OCH3 is 1. The summed E-state index contributed by atoms with van der Waals surface area (Å²) < 4.78 is 5.85. The Kier molecular flexibility index (Phi) is 8.10. The van der Waals surface area contributed by atoms with Crippen molar-refractivity contribution >= 4 is 79.4 Å². The molecule has 1 saturated heterocycles. The van der Waals surface area contributed by atoms with E-state index >= 15 is 0 Å². The summed E-state index contributed by atoms with van der Waals surface area (Å²) in [4.78, 5) is 12.0. The summed E-state index contributed by atoms with van der Waals surface area (Å²) in [7, 11) is 3.73. The first kappa shape index (κ1) is 26.5. The highest BCUT2D eigenvalue weighted by Gasteiger charge is 2.23. The number of halogens is 3. The molecule has 1 fully saturated rings. The largest absolute Gasteiger partial charge is 0.495 e. The smallest absolute Gasteiger partial charge is 0.139 e. The standard InChI is InChI=1S/C27H24Cl2IN5OS/c1-34-7-8-35(26(30)15-34)14-18-4-6-25(37-18)16-3-5-19-22(9-16)32-13-17(12-31)27(19)33-23-11-24(36-2)21(29)10-20(23)28/h3-6,9-11,13,26H,7-8,14-15H2,1-2H3,(H,32,33). The van der Waals surface area contributed by atoms with Crippen molar-refractivity contribution in [1.82, 2.24) is 14.8 Å². The summed E-state index contributed by atoms with van der Waals surface area (Å²) in [6, 6.07) is 16.1. The Morgan fingerprint density at radius 3 is 2.78 bits per heavy atom. The summed E-state index contributed by atoms with van der Waals surface area (Å²) in [5, 5.41) is 14.7. The van der Waals surface area contributed by atoms with Crippen LogP contribution in [-0.2, 0) is 6.54 Å². The Morgan fingerprint density at radius 2 is 2.03 bits per heavy atom. The lowest BCUT2D eigenvalue weighted by atomic mass is 10.1. The van der Waals surface area contributed by atoms with Crippen LogP contribution < -0.4 is 10.1 Å². The molecule has 0 amide bonds. The van der Waals surface area contributed by atoms with Gasteiger partial charge in [-0.2, -0.15) is 5.26 Å². The molecule has 37 heavy (non-hydrogen) atoms.